The van der Waals surface area contributed by atoms with Crippen LogP contribution in [0.1, 0.15) is 0 Å². The van der Waals surface area contributed by atoms with Gasteiger partial charge in [-0.3, -0.25) is 25.3 Å². The molecule has 0 atom stereocenters. The zero-order chi connectivity index (χ0) is 13.5. The van der Waals surface area contributed by atoms with Crippen LogP contribution in [0.4, 0.5) is 0 Å². The van der Waals surface area contributed by atoms with E-state index in [4.69, 9.17) is 52.6 Å². The van der Waals surface area contributed by atoms with Gasteiger partial charge in [0.25, 0.3) is 0 Å². The molecule has 102 valence electrons. The zero-order valence-corrected chi connectivity index (χ0v) is 11.0. The van der Waals surface area contributed by atoms with E-state index in [1.165, 1.54) is 0 Å². The van der Waals surface area contributed by atoms with Gasteiger partial charge in [-0.2, -0.15) is 0 Å². The number of rotatable bonds is 0. The van der Waals surface area contributed by atoms with Crippen molar-refractivity contribution >= 4 is 31.2 Å². The average Bonchev–Trinajstić information content (AvgIpc) is 1.41. The summed E-state index contributed by atoms with van der Waals surface area (Å²) < 4.78 is 102. The molecule has 0 saturated heterocycles. The van der Waals surface area contributed by atoms with Gasteiger partial charge in [0.05, 0.1) is 0 Å². The minimum Gasteiger partial charge on any atom is -0.759 e. The van der Waals surface area contributed by atoms with Crippen LogP contribution in [0.3, 0.4) is 0 Å². The Balaban J connectivity index is -0.0000000655. The third-order valence-corrected chi connectivity index (χ3v) is 0. The Morgan fingerprint density at radius 3 is 0.438 bits per heavy atom. The van der Waals surface area contributed by atoms with Crippen molar-refractivity contribution in [3.05, 3.63) is 0 Å². The second-order valence-electron chi connectivity index (χ2n) is 1.22. The predicted octanol–water partition coefficient (Wildman–Crippen LogP) is -4.02. The van der Waals surface area contributed by atoms with Crippen molar-refractivity contribution in [1.29, 1.82) is 0 Å². The molecule has 12 nitrogen and oxygen atoms in total. The van der Waals surface area contributed by atoms with E-state index in [2.05, 4.69) is 0 Å². The van der Waals surface area contributed by atoms with Crippen molar-refractivity contribution in [2.45, 2.75) is 0 Å². The fourth-order valence-corrected chi connectivity index (χ4v) is 0. The summed E-state index contributed by atoms with van der Waals surface area (Å²) in [6.45, 7) is 0. The molecule has 0 amide bonds. The van der Waals surface area contributed by atoms with Gasteiger partial charge in [-0.25, -0.2) is 0 Å². The summed E-state index contributed by atoms with van der Waals surface area (Å²) >= 11 is 0. The molecule has 0 bridgehead atoms. The van der Waals surface area contributed by atoms with E-state index in [0.717, 1.165) is 0 Å². The van der Waals surface area contributed by atoms with Crippen LogP contribution in [-0.4, -0.2) is 52.6 Å². The van der Waals surface area contributed by atoms with Crippen molar-refractivity contribution in [3.8, 4) is 0 Å². The van der Waals surface area contributed by atoms with Gasteiger partial charge < -0.3 is 27.3 Å². The first-order chi connectivity index (χ1) is 6.00. The van der Waals surface area contributed by atoms with E-state index in [0.29, 0.717) is 0 Å². The van der Waals surface area contributed by atoms with Crippen LogP contribution in [-0.2, 0) is 52.3 Å². The molecule has 0 aromatic heterocycles. The van der Waals surface area contributed by atoms with Crippen molar-refractivity contribution < 1.29 is 73.6 Å². The molecule has 0 N–H and O–H groups in total. The van der Waals surface area contributed by atoms with Gasteiger partial charge in [0.1, 0.15) is 0 Å². The Morgan fingerprint density at radius 1 is 0.438 bits per heavy atom. The molecule has 0 fully saturated rings. The van der Waals surface area contributed by atoms with Gasteiger partial charge in [-0.15, -0.1) is 0 Å². The van der Waals surface area contributed by atoms with Crippen molar-refractivity contribution in [2.75, 3.05) is 0 Å². The van der Waals surface area contributed by atoms with E-state index < -0.39 is 31.2 Å². The summed E-state index contributed by atoms with van der Waals surface area (Å²) in [4.78, 5) is 0. The first-order valence-corrected chi connectivity index (χ1v) is 6.00. The third-order valence-electron chi connectivity index (χ3n) is 0. The maximum Gasteiger partial charge on any atom is 0.0311 e. The van der Waals surface area contributed by atoms with E-state index >= 15 is 0 Å². The molecule has 0 spiro atoms. The average molecular weight is 384 g/mol. The molecule has 0 aliphatic heterocycles. The van der Waals surface area contributed by atoms with Gasteiger partial charge >= 0.3 is 0 Å². The fourth-order valence-electron chi connectivity index (χ4n) is 0. The molecule has 0 rings (SSSR count). The Kier molecular flexibility index (Phi) is 14.7. The minimum absolute atomic E-state index is 0. The predicted molar refractivity (Wildman–Crippen MR) is 31.4 cm³/mol. The maximum absolute atomic E-state index is 8.52. The van der Waals surface area contributed by atoms with Crippen LogP contribution in [0.5, 0.6) is 0 Å². The molecule has 0 saturated carbocycles. The standard InChI is InChI=1S/Mo.3H2O4S/c;3*1-5(2,3)4/h;3*(H2,1,2,3,4)/p-6. The van der Waals surface area contributed by atoms with Crippen LogP contribution in [0.2, 0.25) is 0 Å². The quantitative estimate of drug-likeness (QED) is 0.220. The molecular weight excluding hydrogens is 384 g/mol. The molecule has 0 aromatic carbocycles. The molecule has 16 heavy (non-hydrogen) atoms. The van der Waals surface area contributed by atoms with Gasteiger partial charge in [0, 0.05) is 52.3 Å². The van der Waals surface area contributed by atoms with Crippen LogP contribution in [0.25, 0.3) is 0 Å². The second-order valence-corrected chi connectivity index (χ2v) is 3.67. The number of hydrogen-bond donors (Lipinski definition) is 0. The van der Waals surface area contributed by atoms with E-state index in [9.17, 15) is 0 Å². The topological polar surface area (TPSA) is 241 Å². The summed E-state index contributed by atoms with van der Waals surface area (Å²) in [6.07, 6.45) is 0. The van der Waals surface area contributed by atoms with Gasteiger partial charge in [0.2, 0.25) is 0 Å². The Labute approximate surface area is 105 Å². The number of hydrogen-bond acceptors (Lipinski definition) is 12. The van der Waals surface area contributed by atoms with Crippen LogP contribution < -0.4 is 0 Å². The molecule has 0 aliphatic carbocycles. The smallest absolute Gasteiger partial charge is 0.0311 e. The third kappa shape index (κ3) is 28400. The molecule has 0 aromatic rings. The molecule has 16 heteroatoms. The summed E-state index contributed by atoms with van der Waals surface area (Å²) in [5.74, 6) is 0. The Morgan fingerprint density at radius 2 is 0.438 bits per heavy atom. The van der Waals surface area contributed by atoms with Gasteiger partial charge in [-0.05, 0) is 0 Å². The van der Waals surface area contributed by atoms with Gasteiger partial charge in [-0.1, -0.05) is 0 Å². The van der Waals surface area contributed by atoms with Crippen molar-refractivity contribution in [2.24, 2.45) is 0 Å². The molecule has 0 heterocycles. The zero-order valence-electron chi connectivity index (χ0n) is 6.53. The Hall–Kier alpha value is 0.298. The van der Waals surface area contributed by atoms with E-state index in [1.54, 1.807) is 0 Å². The Bertz CT molecular complexity index is 337. The largest absolute Gasteiger partial charge is 0.759 e. The second kappa shape index (κ2) is 9.34. The van der Waals surface area contributed by atoms with E-state index in [-0.39, 0.29) is 21.1 Å². The monoisotopic (exact) mass is 386 g/mol. The minimum atomic E-state index is -5.17. The fraction of sp³-hybridized carbons (Fsp3) is 0. The van der Waals surface area contributed by atoms with Gasteiger partial charge in [0.15, 0.2) is 0 Å². The van der Waals surface area contributed by atoms with Crippen LogP contribution in [0, 0.1) is 0 Å². The summed E-state index contributed by atoms with van der Waals surface area (Å²) in [6, 6.07) is 0. The summed E-state index contributed by atoms with van der Waals surface area (Å²) in [5.41, 5.74) is 0. The molecule has 0 unspecified atom stereocenters. The summed E-state index contributed by atoms with van der Waals surface area (Å²) in [5, 5.41) is 0. The molecular formula is MoO12S3-6. The maximum atomic E-state index is 8.52. The normalized spacial score (nSPS) is 10.9. The summed E-state index contributed by atoms with van der Waals surface area (Å²) in [7, 11) is -15.5. The molecule has 0 aliphatic rings. The van der Waals surface area contributed by atoms with Crippen molar-refractivity contribution in [1.82, 2.24) is 0 Å². The van der Waals surface area contributed by atoms with Crippen molar-refractivity contribution in [3.63, 3.8) is 0 Å². The van der Waals surface area contributed by atoms with E-state index in [1.807, 2.05) is 0 Å². The first-order valence-electron chi connectivity index (χ1n) is 2.00. The first kappa shape index (κ1) is 25.2. The van der Waals surface area contributed by atoms with Crippen LogP contribution >= 0.6 is 0 Å². The van der Waals surface area contributed by atoms with Crippen LogP contribution in [0.15, 0.2) is 0 Å². The SMILES string of the molecule is O=S(=O)([O-])[O-].O=S(=O)([O-])[O-].O=S(=O)([O-])[O-].[Mo]. The molecule has 0 radical (unpaired) electrons.